The quantitative estimate of drug-likeness (QED) is 0.144. The van der Waals surface area contributed by atoms with E-state index in [2.05, 4.69) is 12.2 Å². The summed E-state index contributed by atoms with van der Waals surface area (Å²) in [6.07, 6.45) is 15.8. The lowest BCUT2D eigenvalue weighted by Crippen LogP contribution is -2.30. The summed E-state index contributed by atoms with van der Waals surface area (Å²) in [6, 6.07) is 0. The lowest BCUT2D eigenvalue weighted by molar-refractivity contribution is -0.143. The first-order chi connectivity index (χ1) is 15.5. The summed E-state index contributed by atoms with van der Waals surface area (Å²) >= 11 is 0. The monoisotopic (exact) mass is 457 g/mol. The maximum absolute atomic E-state index is 12.1. The van der Waals surface area contributed by atoms with Crippen molar-refractivity contribution in [3.63, 3.8) is 0 Å². The molecule has 7 heteroatoms. The smallest absolute Gasteiger partial charge is 0.407 e. The van der Waals surface area contributed by atoms with Crippen molar-refractivity contribution in [1.82, 2.24) is 5.32 Å². The Morgan fingerprint density at radius 3 is 1.91 bits per heavy atom. The Kier molecular flexibility index (Phi) is 21.2. The largest absolute Gasteiger partial charge is 0.481 e. The molecule has 0 saturated carbocycles. The van der Waals surface area contributed by atoms with E-state index in [4.69, 9.17) is 14.6 Å². The summed E-state index contributed by atoms with van der Waals surface area (Å²) in [6.45, 7) is 4.69. The maximum Gasteiger partial charge on any atom is 0.407 e. The third-order valence-electron chi connectivity index (χ3n) is 5.46. The van der Waals surface area contributed by atoms with Crippen molar-refractivity contribution in [1.29, 1.82) is 0 Å². The van der Waals surface area contributed by atoms with Crippen molar-refractivity contribution < 1.29 is 29.0 Å². The van der Waals surface area contributed by atoms with E-state index in [1.165, 1.54) is 32.1 Å². The van der Waals surface area contributed by atoms with Crippen LogP contribution in [0.1, 0.15) is 123 Å². The number of amides is 1. The molecular formula is C25H47NO6. The molecule has 0 fully saturated rings. The molecule has 7 nitrogen and oxygen atoms in total. The van der Waals surface area contributed by atoms with Crippen molar-refractivity contribution in [2.24, 2.45) is 0 Å². The molecule has 188 valence electrons. The first-order valence-corrected chi connectivity index (χ1v) is 12.8. The van der Waals surface area contributed by atoms with Gasteiger partial charge < -0.3 is 19.9 Å². The molecule has 0 aliphatic carbocycles. The van der Waals surface area contributed by atoms with E-state index in [1.807, 2.05) is 0 Å². The van der Waals surface area contributed by atoms with Gasteiger partial charge in [-0.25, -0.2) is 4.79 Å². The fourth-order valence-corrected chi connectivity index (χ4v) is 3.51. The summed E-state index contributed by atoms with van der Waals surface area (Å²) in [5.74, 6) is -0.930. The second-order valence-corrected chi connectivity index (χ2v) is 8.49. The maximum atomic E-state index is 12.1. The van der Waals surface area contributed by atoms with Crippen LogP contribution in [0.15, 0.2) is 0 Å². The van der Waals surface area contributed by atoms with E-state index < -0.39 is 5.97 Å². The molecule has 0 heterocycles. The second-order valence-electron chi connectivity index (χ2n) is 8.49. The molecule has 0 spiro atoms. The van der Waals surface area contributed by atoms with E-state index in [9.17, 15) is 14.4 Å². The van der Waals surface area contributed by atoms with Crippen LogP contribution in [0.2, 0.25) is 0 Å². The standard InChI is InChI=1S/C25H47NO6/c1-3-5-6-13-17-22(32-25(30)26-20-16-21-31-24(29)4-2)18-14-11-9-7-8-10-12-15-19-23(27)28/h22H,3-21H2,1-2H3,(H,26,30)(H,27,28). The lowest BCUT2D eigenvalue weighted by atomic mass is 10.0. The number of aliphatic carboxylic acids is 1. The van der Waals surface area contributed by atoms with Crippen LogP contribution < -0.4 is 5.32 Å². The van der Waals surface area contributed by atoms with Crippen LogP contribution >= 0.6 is 0 Å². The van der Waals surface area contributed by atoms with Crippen LogP contribution in [0.5, 0.6) is 0 Å². The van der Waals surface area contributed by atoms with Gasteiger partial charge in [0.2, 0.25) is 0 Å². The van der Waals surface area contributed by atoms with Gasteiger partial charge in [-0.05, 0) is 38.5 Å². The predicted molar refractivity (Wildman–Crippen MR) is 127 cm³/mol. The minimum Gasteiger partial charge on any atom is -0.481 e. The van der Waals surface area contributed by atoms with Crippen LogP contribution in [0.4, 0.5) is 4.79 Å². The zero-order valence-electron chi connectivity index (χ0n) is 20.5. The summed E-state index contributed by atoms with van der Waals surface area (Å²) in [4.78, 5) is 33.7. The number of rotatable bonds is 22. The minimum absolute atomic E-state index is 0.0409. The minimum atomic E-state index is -0.706. The van der Waals surface area contributed by atoms with Gasteiger partial charge in [0.25, 0.3) is 0 Å². The van der Waals surface area contributed by atoms with Gasteiger partial charge in [-0.2, -0.15) is 0 Å². The van der Waals surface area contributed by atoms with Crippen LogP contribution in [-0.4, -0.2) is 42.4 Å². The molecule has 0 aromatic heterocycles. The number of carboxylic acid groups (broad SMARTS) is 1. The number of carboxylic acids is 1. The Morgan fingerprint density at radius 1 is 0.781 bits per heavy atom. The molecule has 32 heavy (non-hydrogen) atoms. The van der Waals surface area contributed by atoms with Crippen molar-refractivity contribution in [3.05, 3.63) is 0 Å². The fraction of sp³-hybridized carbons (Fsp3) is 0.880. The Hall–Kier alpha value is -1.79. The lowest BCUT2D eigenvalue weighted by Gasteiger charge is -2.18. The highest BCUT2D eigenvalue weighted by Gasteiger charge is 2.14. The van der Waals surface area contributed by atoms with Crippen molar-refractivity contribution in [2.75, 3.05) is 13.2 Å². The summed E-state index contributed by atoms with van der Waals surface area (Å²) < 4.78 is 10.7. The van der Waals surface area contributed by atoms with Gasteiger partial charge in [-0.3, -0.25) is 9.59 Å². The van der Waals surface area contributed by atoms with E-state index >= 15 is 0 Å². The van der Waals surface area contributed by atoms with Crippen LogP contribution in [0, 0.1) is 0 Å². The number of esters is 1. The van der Waals surface area contributed by atoms with Gasteiger partial charge in [0.1, 0.15) is 6.10 Å². The van der Waals surface area contributed by atoms with E-state index in [0.717, 1.165) is 57.8 Å². The average molecular weight is 458 g/mol. The Balaban J connectivity index is 3.95. The number of alkyl carbamates (subject to hydrolysis) is 1. The number of carbonyl (C=O) groups is 3. The molecule has 0 aromatic carbocycles. The SMILES string of the molecule is CCCCCCC(CCCCCCCCCCC(=O)O)OC(=O)NCCCOC(=O)CC. The molecule has 0 bridgehead atoms. The zero-order chi connectivity index (χ0) is 23.9. The summed E-state index contributed by atoms with van der Waals surface area (Å²) in [5, 5.41) is 11.4. The van der Waals surface area contributed by atoms with Crippen LogP contribution in [0.25, 0.3) is 0 Å². The molecule has 0 radical (unpaired) electrons. The molecule has 0 saturated heterocycles. The number of ether oxygens (including phenoxy) is 2. The highest BCUT2D eigenvalue weighted by molar-refractivity contribution is 5.69. The molecule has 0 rings (SSSR count). The molecule has 1 unspecified atom stereocenters. The molecule has 0 aliphatic heterocycles. The van der Waals surface area contributed by atoms with Crippen molar-refractivity contribution in [3.8, 4) is 0 Å². The molecule has 1 atom stereocenters. The first-order valence-electron chi connectivity index (χ1n) is 12.8. The molecule has 0 aliphatic rings. The van der Waals surface area contributed by atoms with Crippen LogP contribution in [-0.2, 0) is 19.1 Å². The number of hydrogen-bond donors (Lipinski definition) is 2. The van der Waals surface area contributed by atoms with E-state index in [0.29, 0.717) is 26.0 Å². The Morgan fingerprint density at radius 2 is 1.34 bits per heavy atom. The molecule has 0 aromatic rings. The van der Waals surface area contributed by atoms with Crippen molar-refractivity contribution >= 4 is 18.0 Å². The Labute approximate surface area is 195 Å². The number of hydrogen-bond acceptors (Lipinski definition) is 5. The van der Waals surface area contributed by atoms with Gasteiger partial charge in [0.05, 0.1) is 6.61 Å². The van der Waals surface area contributed by atoms with Crippen molar-refractivity contribution in [2.45, 2.75) is 129 Å². The summed E-state index contributed by atoms with van der Waals surface area (Å²) in [7, 11) is 0. The fourth-order valence-electron chi connectivity index (χ4n) is 3.51. The number of unbranched alkanes of at least 4 members (excludes halogenated alkanes) is 10. The molecule has 1 amide bonds. The van der Waals surface area contributed by atoms with Gasteiger partial charge in [0.15, 0.2) is 0 Å². The normalized spacial score (nSPS) is 11.7. The van der Waals surface area contributed by atoms with Gasteiger partial charge >= 0.3 is 18.0 Å². The predicted octanol–water partition coefficient (Wildman–Crippen LogP) is 6.38. The average Bonchev–Trinajstić information content (AvgIpc) is 2.76. The third kappa shape index (κ3) is 21.4. The van der Waals surface area contributed by atoms with Gasteiger partial charge in [-0.1, -0.05) is 71.6 Å². The van der Waals surface area contributed by atoms with Crippen LogP contribution in [0.3, 0.4) is 0 Å². The molecule has 2 N–H and O–H groups in total. The number of nitrogens with one attached hydrogen (secondary N) is 1. The van der Waals surface area contributed by atoms with E-state index in [-0.39, 0.29) is 24.6 Å². The molecular weight excluding hydrogens is 410 g/mol. The second kappa shape index (κ2) is 22.4. The number of carbonyl (C=O) groups excluding carboxylic acids is 2. The van der Waals surface area contributed by atoms with Gasteiger partial charge in [-0.15, -0.1) is 0 Å². The highest BCUT2D eigenvalue weighted by Crippen LogP contribution is 2.17. The summed E-state index contributed by atoms with van der Waals surface area (Å²) in [5.41, 5.74) is 0. The topological polar surface area (TPSA) is 102 Å². The van der Waals surface area contributed by atoms with E-state index in [1.54, 1.807) is 6.92 Å². The zero-order valence-corrected chi connectivity index (χ0v) is 20.5. The van der Waals surface area contributed by atoms with Gasteiger partial charge in [0, 0.05) is 19.4 Å². The highest BCUT2D eigenvalue weighted by atomic mass is 16.6. The first kappa shape index (κ1) is 30.2. The Bertz CT molecular complexity index is 483. The third-order valence-corrected chi connectivity index (χ3v) is 5.46.